The van der Waals surface area contributed by atoms with Crippen molar-refractivity contribution in [2.45, 2.75) is 26.7 Å². The minimum Gasteiger partial charge on any atom is -0.516 e. The van der Waals surface area contributed by atoms with Gasteiger partial charge < -0.3 is 9.85 Å². The molecular weight excluding hydrogens is 140 g/mol. The number of ether oxygens (including phenoxy) is 1. The van der Waals surface area contributed by atoms with Gasteiger partial charge in [-0.25, -0.2) is 0 Å². The number of hydrogen-bond acceptors (Lipinski definition) is 2. The molecule has 1 N–H and O–H groups in total. The van der Waals surface area contributed by atoms with E-state index in [0.29, 0.717) is 0 Å². The van der Waals surface area contributed by atoms with E-state index in [9.17, 15) is 0 Å². The van der Waals surface area contributed by atoms with Crippen molar-refractivity contribution in [1.82, 2.24) is 0 Å². The monoisotopic (exact) mass is 159 g/mol. The van der Waals surface area contributed by atoms with Gasteiger partial charge in [0.2, 0.25) is 0 Å². The molecule has 0 heterocycles. The van der Waals surface area contributed by atoms with E-state index in [1.54, 1.807) is 19.4 Å². The number of aliphatic hydroxyl groups is 1. The predicted octanol–water partition coefficient (Wildman–Crippen LogP) is 3.02. The molecule has 0 aliphatic carbocycles. The van der Waals surface area contributed by atoms with Crippen LogP contribution in [0.5, 0.6) is 0 Å². The molecule has 0 aliphatic rings. The van der Waals surface area contributed by atoms with E-state index in [-0.39, 0.29) is 0 Å². The van der Waals surface area contributed by atoms with Gasteiger partial charge in [0.05, 0.1) is 19.6 Å². The maximum absolute atomic E-state index is 6.12. The lowest BCUT2D eigenvalue weighted by Gasteiger charge is -1.80. The number of aliphatic hydroxyl groups excluding tert-OH is 1. The summed E-state index contributed by atoms with van der Waals surface area (Å²) in [6.07, 6.45) is 8.74. The van der Waals surface area contributed by atoms with Crippen molar-refractivity contribution in [1.29, 1.82) is 1.43 Å². The molecular formula is C9H18O2. The van der Waals surface area contributed by atoms with Crippen molar-refractivity contribution < 1.29 is 9.85 Å². The molecule has 0 amide bonds. The van der Waals surface area contributed by atoms with E-state index in [1.165, 1.54) is 6.26 Å². The van der Waals surface area contributed by atoms with E-state index in [1.807, 2.05) is 13.0 Å². The van der Waals surface area contributed by atoms with E-state index >= 15 is 0 Å². The predicted molar refractivity (Wildman–Crippen MR) is 48.5 cm³/mol. The lowest BCUT2D eigenvalue weighted by Crippen LogP contribution is -1.61. The van der Waals surface area contributed by atoms with Crippen LogP contribution in [0, 0.1) is 0 Å². The van der Waals surface area contributed by atoms with Gasteiger partial charge in [-0.1, -0.05) is 26.0 Å². The van der Waals surface area contributed by atoms with Crippen LogP contribution in [0.2, 0.25) is 0 Å². The van der Waals surface area contributed by atoms with Gasteiger partial charge in [0.15, 0.2) is 0 Å². The second-order valence-corrected chi connectivity index (χ2v) is 1.80. The smallest absolute Gasteiger partial charge is 0.292 e. The molecule has 0 radical (unpaired) electrons. The first-order valence-corrected chi connectivity index (χ1v) is 3.78. The summed E-state index contributed by atoms with van der Waals surface area (Å²) < 4.78 is 10.7. The summed E-state index contributed by atoms with van der Waals surface area (Å²) in [5.74, 6) is 0. The molecule has 0 rings (SSSR count). The number of methoxy groups -OCH3 is 1. The maximum Gasteiger partial charge on any atom is 0.292 e. The molecule has 0 saturated heterocycles. The standard InChI is InChI=1S/C5H10O.C4H8O/c1-3-4-5-6-2;1-2-3-4-5/h4-5H,3H2,1-2H3;3-5H,2H2,1H3/i/hD. The first kappa shape index (κ1) is 10.1. The average Bonchev–Trinajstić information content (AvgIpc) is 2.12. The van der Waals surface area contributed by atoms with Crippen molar-refractivity contribution in [3.8, 4) is 0 Å². The Kier molecular flexibility index (Phi) is 14.7. The Morgan fingerprint density at radius 1 is 1.36 bits per heavy atom. The summed E-state index contributed by atoms with van der Waals surface area (Å²) in [6, 6.07) is 0. The lowest BCUT2D eigenvalue weighted by molar-refractivity contribution is 0.336. The Hall–Kier alpha value is -0.920. The van der Waals surface area contributed by atoms with Crippen LogP contribution < -0.4 is 0 Å². The van der Waals surface area contributed by atoms with Crippen molar-refractivity contribution in [2.75, 3.05) is 7.11 Å². The van der Waals surface area contributed by atoms with Crippen LogP contribution in [0.3, 0.4) is 0 Å². The number of hydrogen-bond donors (Lipinski definition) is 1. The van der Waals surface area contributed by atoms with E-state index in [2.05, 4.69) is 16.8 Å². The molecule has 0 unspecified atom stereocenters. The van der Waals surface area contributed by atoms with Crippen LogP contribution >= 0.6 is 0 Å². The van der Waals surface area contributed by atoms with Crippen LogP contribution in [0.4, 0.5) is 0 Å². The topological polar surface area (TPSA) is 29.5 Å². The fraction of sp³-hybridized carbons (Fsp3) is 0.556. The third-order valence-electron chi connectivity index (χ3n) is 0.800. The molecule has 0 aromatic heterocycles. The Labute approximate surface area is 70.7 Å². The Morgan fingerprint density at radius 3 is 2.18 bits per heavy atom. The highest BCUT2D eigenvalue weighted by Gasteiger charge is 1.58. The van der Waals surface area contributed by atoms with Gasteiger partial charge in [-0.3, -0.25) is 0 Å². The van der Waals surface area contributed by atoms with Crippen molar-refractivity contribution in [3.05, 3.63) is 24.7 Å². The van der Waals surface area contributed by atoms with E-state index in [0.717, 1.165) is 12.8 Å². The number of rotatable bonds is 4. The molecule has 2 nitrogen and oxygen atoms in total. The molecule has 0 aliphatic heterocycles. The number of allylic oxidation sites excluding steroid dienone is 2. The van der Waals surface area contributed by atoms with Gasteiger partial charge in [-0.15, -0.1) is 0 Å². The first-order valence-electron chi connectivity index (χ1n) is 4.19. The largest absolute Gasteiger partial charge is 0.516 e. The van der Waals surface area contributed by atoms with Gasteiger partial charge in [0, 0.05) is 0 Å². The highest BCUT2D eigenvalue weighted by atomic mass is 16.5. The zero-order chi connectivity index (χ0) is 9.66. The molecule has 66 valence electrons. The zero-order valence-corrected chi connectivity index (χ0v) is 7.54. The fourth-order valence-corrected chi connectivity index (χ4v) is 0.289. The Bertz CT molecular complexity index is 85.1. The van der Waals surface area contributed by atoms with Crippen molar-refractivity contribution in [2.24, 2.45) is 0 Å². The fourth-order valence-electron chi connectivity index (χ4n) is 0.289. The highest BCUT2D eigenvalue weighted by Crippen LogP contribution is 1.76. The van der Waals surface area contributed by atoms with Gasteiger partial charge in [0.25, 0.3) is 1.43 Å². The van der Waals surface area contributed by atoms with Crippen molar-refractivity contribution >= 4 is 0 Å². The molecule has 11 heavy (non-hydrogen) atoms. The first-order chi connectivity index (χ1) is 5.83. The molecule has 0 bridgehead atoms. The van der Waals surface area contributed by atoms with Gasteiger partial charge >= 0.3 is 0 Å². The van der Waals surface area contributed by atoms with E-state index < -0.39 is 0 Å². The average molecular weight is 159 g/mol. The molecule has 2 heteroatoms. The summed E-state index contributed by atoms with van der Waals surface area (Å²) in [5.41, 5.74) is 0. The third-order valence-corrected chi connectivity index (χ3v) is 0.800. The Balaban J connectivity index is 0. The van der Waals surface area contributed by atoms with Gasteiger partial charge in [-0.05, 0) is 12.8 Å². The molecule has 0 fully saturated rings. The molecule has 0 spiro atoms. The highest BCUT2D eigenvalue weighted by molar-refractivity contribution is 4.69. The summed E-state index contributed by atoms with van der Waals surface area (Å²) in [6.45, 7) is 4.05. The Morgan fingerprint density at radius 2 is 2.00 bits per heavy atom. The quantitative estimate of drug-likeness (QED) is 0.639. The van der Waals surface area contributed by atoms with Crippen LogP contribution in [-0.4, -0.2) is 12.2 Å². The van der Waals surface area contributed by atoms with Gasteiger partial charge in [-0.2, -0.15) is 0 Å². The lowest BCUT2D eigenvalue weighted by atomic mass is 10.5. The van der Waals surface area contributed by atoms with Crippen LogP contribution in [0.1, 0.15) is 26.7 Å². The minimum absolute atomic E-state index is 0.929. The van der Waals surface area contributed by atoms with Crippen LogP contribution in [-0.2, 0) is 4.74 Å². The summed E-state index contributed by atoms with van der Waals surface area (Å²) >= 11 is 0. The van der Waals surface area contributed by atoms with Crippen LogP contribution in [0.15, 0.2) is 24.7 Å². The zero-order valence-electron chi connectivity index (χ0n) is 8.54. The second kappa shape index (κ2) is 16.0. The summed E-state index contributed by atoms with van der Waals surface area (Å²) in [5, 5.41) is 3.85. The SMILES string of the molecule is CCC=COC.[2H]OC=CCC. The summed E-state index contributed by atoms with van der Waals surface area (Å²) in [4.78, 5) is 0. The normalized spacial score (nSPS) is 10.6. The van der Waals surface area contributed by atoms with Crippen molar-refractivity contribution in [3.63, 3.8) is 0 Å². The molecule has 0 atom stereocenters. The maximum atomic E-state index is 6.12. The second-order valence-electron chi connectivity index (χ2n) is 1.80. The molecule has 0 aromatic rings. The van der Waals surface area contributed by atoms with Crippen LogP contribution in [0.25, 0.3) is 1.43 Å². The summed E-state index contributed by atoms with van der Waals surface area (Å²) in [7, 11) is 1.64. The minimum atomic E-state index is 0.929. The molecule has 0 aromatic carbocycles. The van der Waals surface area contributed by atoms with E-state index in [4.69, 9.17) is 1.43 Å². The third kappa shape index (κ3) is 27.3. The molecule has 0 saturated carbocycles. The van der Waals surface area contributed by atoms with Gasteiger partial charge in [0.1, 0.15) is 0 Å².